The van der Waals surface area contributed by atoms with Crippen molar-refractivity contribution in [2.75, 3.05) is 24.3 Å². The molecule has 0 aliphatic rings. The molecule has 21 heavy (non-hydrogen) atoms. The van der Waals surface area contributed by atoms with Gasteiger partial charge in [0.1, 0.15) is 11.4 Å². The monoisotopic (exact) mass is 349 g/mol. The number of methoxy groups -OCH3 is 1. The molecule has 5 nitrogen and oxygen atoms in total. The lowest BCUT2D eigenvalue weighted by Gasteiger charge is -2.09. The number of halogens is 1. The summed E-state index contributed by atoms with van der Waals surface area (Å²) in [5, 5.41) is 5.95. The van der Waals surface area contributed by atoms with E-state index in [1.807, 2.05) is 19.1 Å². The molecular formula is C15H16BrN3O2. The number of nitrogens with zero attached hydrogens (tertiary/aromatic N) is 1. The average molecular weight is 350 g/mol. The molecule has 2 N–H and O–H groups in total. The number of benzene rings is 1. The predicted molar refractivity (Wildman–Crippen MR) is 87.0 cm³/mol. The van der Waals surface area contributed by atoms with Crippen LogP contribution in [0.3, 0.4) is 0 Å². The Morgan fingerprint density at radius 1 is 1.29 bits per heavy atom. The molecule has 0 fully saturated rings. The molecule has 0 bridgehead atoms. The van der Waals surface area contributed by atoms with Crippen LogP contribution in [0.2, 0.25) is 0 Å². The smallest absolute Gasteiger partial charge is 0.274 e. The van der Waals surface area contributed by atoms with E-state index in [9.17, 15) is 4.79 Å². The SMILES string of the molecule is CCNc1ccnc(C(=O)Nc2cc(Br)cc(OC)c2)c1. The molecule has 1 aromatic heterocycles. The third kappa shape index (κ3) is 4.19. The highest BCUT2D eigenvalue weighted by Gasteiger charge is 2.09. The largest absolute Gasteiger partial charge is 0.497 e. The predicted octanol–water partition coefficient (Wildman–Crippen LogP) is 3.54. The van der Waals surface area contributed by atoms with Crippen molar-refractivity contribution in [3.63, 3.8) is 0 Å². The van der Waals surface area contributed by atoms with E-state index < -0.39 is 0 Å². The fourth-order valence-corrected chi connectivity index (χ4v) is 2.29. The molecule has 0 radical (unpaired) electrons. The van der Waals surface area contributed by atoms with Gasteiger partial charge in [0.05, 0.1) is 7.11 Å². The number of amides is 1. The zero-order valence-electron chi connectivity index (χ0n) is 11.8. The maximum Gasteiger partial charge on any atom is 0.274 e. The number of hydrogen-bond donors (Lipinski definition) is 2. The molecule has 6 heteroatoms. The van der Waals surface area contributed by atoms with E-state index in [0.29, 0.717) is 17.1 Å². The Hall–Kier alpha value is -2.08. The first-order valence-electron chi connectivity index (χ1n) is 6.48. The number of rotatable bonds is 5. The van der Waals surface area contributed by atoms with Crippen LogP contribution < -0.4 is 15.4 Å². The highest BCUT2D eigenvalue weighted by Crippen LogP contribution is 2.24. The summed E-state index contributed by atoms with van der Waals surface area (Å²) in [5.74, 6) is 0.393. The Bertz CT molecular complexity index is 647. The van der Waals surface area contributed by atoms with E-state index in [4.69, 9.17) is 4.74 Å². The van der Waals surface area contributed by atoms with Crippen molar-refractivity contribution in [2.45, 2.75) is 6.92 Å². The van der Waals surface area contributed by atoms with Crippen LogP contribution in [0, 0.1) is 0 Å². The maximum absolute atomic E-state index is 12.2. The number of anilines is 2. The molecule has 110 valence electrons. The summed E-state index contributed by atoms with van der Waals surface area (Å²) in [6, 6.07) is 8.90. The topological polar surface area (TPSA) is 63.2 Å². The lowest BCUT2D eigenvalue weighted by atomic mass is 10.2. The van der Waals surface area contributed by atoms with Gasteiger partial charge in [-0.05, 0) is 31.2 Å². The standard InChI is InChI=1S/C15H16BrN3O2/c1-3-17-11-4-5-18-14(9-11)15(20)19-12-6-10(16)7-13(8-12)21-2/h4-9H,3H2,1-2H3,(H,17,18)(H,19,20). The number of pyridine rings is 1. The quantitative estimate of drug-likeness (QED) is 0.866. The van der Waals surface area contributed by atoms with Gasteiger partial charge in [0.25, 0.3) is 5.91 Å². The minimum atomic E-state index is -0.269. The van der Waals surface area contributed by atoms with E-state index >= 15 is 0 Å². The summed E-state index contributed by atoms with van der Waals surface area (Å²) in [5.41, 5.74) is 1.86. The summed E-state index contributed by atoms with van der Waals surface area (Å²) in [4.78, 5) is 16.3. The van der Waals surface area contributed by atoms with Crippen LogP contribution in [-0.2, 0) is 0 Å². The summed E-state index contributed by atoms with van der Waals surface area (Å²) in [6.07, 6.45) is 1.61. The summed E-state index contributed by atoms with van der Waals surface area (Å²) < 4.78 is 5.99. The van der Waals surface area contributed by atoms with Crippen LogP contribution >= 0.6 is 15.9 Å². The van der Waals surface area contributed by atoms with E-state index in [1.165, 1.54) is 0 Å². The normalized spacial score (nSPS) is 10.0. The summed E-state index contributed by atoms with van der Waals surface area (Å²) >= 11 is 3.38. The van der Waals surface area contributed by atoms with Gasteiger partial charge < -0.3 is 15.4 Å². The Kier molecular flexibility index (Phi) is 5.16. The first-order valence-corrected chi connectivity index (χ1v) is 7.27. The lowest BCUT2D eigenvalue weighted by molar-refractivity contribution is 0.102. The minimum absolute atomic E-state index is 0.269. The summed E-state index contributed by atoms with van der Waals surface area (Å²) in [7, 11) is 1.58. The number of nitrogens with one attached hydrogen (secondary N) is 2. The van der Waals surface area contributed by atoms with E-state index in [-0.39, 0.29) is 5.91 Å². The summed E-state index contributed by atoms with van der Waals surface area (Å²) in [6.45, 7) is 2.78. The van der Waals surface area contributed by atoms with Crippen molar-refractivity contribution in [3.8, 4) is 5.75 Å². The molecule has 0 spiro atoms. The number of ether oxygens (including phenoxy) is 1. The second kappa shape index (κ2) is 7.08. The highest BCUT2D eigenvalue weighted by molar-refractivity contribution is 9.10. The van der Waals surface area contributed by atoms with Crippen molar-refractivity contribution in [1.82, 2.24) is 4.98 Å². The average Bonchev–Trinajstić information content (AvgIpc) is 2.47. The van der Waals surface area contributed by atoms with E-state index in [2.05, 4.69) is 31.5 Å². The second-order valence-corrected chi connectivity index (χ2v) is 5.21. The van der Waals surface area contributed by atoms with Crippen LogP contribution in [0.5, 0.6) is 5.75 Å². The van der Waals surface area contributed by atoms with Gasteiger partial charge in [-0.3, -0.25) is 9.78 Å². The van der Waals surface area contributed by atoms with Crippen LogP contribution in [0.25, 0.3) is 0 Å². The van der Waals surface area contributed by atoms with Gasteiger partial charge in [-0.1, -0.05) is 15.9 Å². The minimum Gasteiger partial charge on any atom is -0.497 e. The van der Waals surface area contributed by atoms with Crippen LogP contribution in [0.1, 0.15) is 17.4 Å². The zero-order valence-corrected chi connectivity index (χ0v) is 13.4. The van der Waals surface area contributed by atoms with Crippen molar-refractivity contribution in [3.05, 3.63) is 46.7 Å². The van der Waals surface area contributed by atoms with Gasteiger partial charge in [-0.2, -0.15) is 0 Å². The lowest BCUT2D eigenvalue weighted by Crippen LogP contribution is -2.14. The van der Waals surface area contributed by atoms with Crippen LogP contribution in [0.15, 0.2) is 41.0 Å². The molecule has 2 aromatic rings. The van der Waals surface area contributed by atoms with Crippen molar-refractivity contribution < 1.29 is 9.53 Å². The van der Waals surface area contributed by atoms with Gasteiger partial charge in [0.2, 0.25) is 0 Å². The van der Waals surface area contributed by atoms with Gasteiger partial charge >= 0.3 is 0 Å². The van der Waals surface area contributed by atoms with Crippen molar-refractivity contribution in [1.29, 1.82) is 0 Å². The number of aromatic nitrogens is 1. The number of carbonyl (C=O) groups excluding carboxylic acids is 1. The molecule has 0 atom stereocenters. The molecule has 1 heterocycles. The molecule has 0 saturated heterocycles. The molecular weight excluding hydrogens is 334 g/mol. The number of carbonyl (C=O) groups is 1. The first-order chi connectivity index (χ1) is 10.1. The molecule has 0 saturated carbocycles. The molecule has 1 amide bonds. The fraction of sp³-hybridized carbons (Fsp3) is 0.200. The van der Waals surface area contributed by atoms with E-state index in [1.54, 1.807) is 31.5 Å². The highest BCUT2D eigenvalue weighted by atomic mass is 79.9. The third-order valence-electron chi connectivity index (χ3n) is 2.74. The fourth-order valence-electron chi connectivity index (χ4n) is 1.82. The van der Waals surface area contributed by atoms with Gasteiger partial charge in [0, 0.05) is 34.7 Å². The first kappa shape index (κ1) is 15.3. The second-order valence-electron chi connectivity index (χ2n) is 4.29. The van der Waals surface area contributed by atoms with Gasteiger partial charge in [-0.25, -0.2) is 0 Å². The van der Waals surface area contributed by atoms with Crippen molar-refractivity contribution >= 4 is 33.2 Å². The molecule has 0 aliphatic carbocycles. The molecule has 0 aliphatic heterocycles. The van der Waals surface area contributed by atoms with Crippen LogP contribution in [-0.4, -0.2) is 24.5 Å². The number of hydrogen-bond acceptors (Lipinski definition) is 4. The van der Waals surface area contributed by atoms with Gasteiger partial charge in [0.15, 0.2) is 0 Å². The Balaban J connectivity index is 2.17. The molecule has 1 aromatic carbocycles. The Labute approximate surface area is 131 Å². The molecule has 0 unspecified atom stereocenters. The Morgan fingerprint density at radius 2 is 2.10 bits per heavy atom. The zero-order chi connectivity index (χ0) is 15.2. The Morgan fingerprint density at radius 3 is 2.81 bits per heavy atom. The van der Waals surface area contributed by atoms with Crippen LogP contribution in [0.4, 0.5) is 11.4 Å². The van der Waals surface area contributed by atoms with Gasteiger partial charge in [-0.15, -0.1) is 0 Å². The van der Waals surface area contributed by atoms with E-state index in [0.717, 1.165) is 16.7 Å². The van der Waals surface area contributed by atoms with Crippen molar-refractivity contribution in [2.24, 2.45) is 0 Å². The third-order valence-corrected chi connectivity index (χ3v) is 3.20. The maximum atomic E-state index is 12.2. The molecule has 2 rings (SSSR count).